The first-order valence-corrected chi connectivity index (χ1v) is 8.30. The zero-order chi connectivity index (χ0) is 16.7. The molecular weight excluding hydrogens is 311 g/mol. The van der Waals surface area contributed by atoms with E-state index in [1.54, 1.807) is 0 Å². The van der Waals surface area contributed by atoms with E-state index in [2.05, 4.69) is 36.4 Å². The average molecular weight is 335 g/mol. The minimum absolute atomic E-state index is 0.201. The van der Waals surface area contributed by atoms with Crippen molar-refractivity contribution in [1.82, 2.24) is 10.2 Å². The predicted molar refractivity (Wildman–Crippen MR) is 95.7 cm³/mol. The van der Waals surface area contributed by atoms with Gasteiger partial charge < -0.3 is 10.2 Å². The molecule has 1 N–H and O–H groups in total. The third-order valence-corrected chi connectivity index (χ3v) is 4.14. The van der Waals surface area contributed by atoms with Crippen LogP contribution in [0.2, 0.25) is 5.02 Å². The van der Waals surface area contributed by atoms with Crippen molar-refractivity contribution >= 4 is 11.6 Å². The maximum atomic E-state index is 13.2. The molecule has 0 spiro atoms. The number of halogens is 2. The van der Waals surface area contributed by atoms with Gasteiger partial charge >= 0.3 is 0 Å². The average Bonchev–Trinajstić information content (AvgIpc) is 2.53. The molecule has 2 rings (SSSR count). The van der Waals surface area contributed by atoms with E-state index in [1.807, 2.05) is 24.3 Å². The summed E-state index contributed by atoms with van der Waals surface area (Å²) in [5.41, 5.74) is 2.33. The number of benzene rings is 2. The summed E-state index contributed by atoms with van der Waals surface area (Å²) in [6.45, 7) is 2.89. The van der Waals surface area contributed by atoms with E-state index in [4.69, 9.17) is 11.6 Å². The third kappa shape index (κ3) is 5.94. The monoisotopic (exact) mass is 334 g/mol. The highest BCUT2D eigenvalue weighted by Gasteiger charge is 2.14. The molecule has 0 bridgehead atoms. The summed E-state index contributed by atoms with van der Waals surface area (Å²) in [6, 6.07) is 14.7. The maximum Gasteiger partial charge on any atom is 0.123 e. The van der Waals surface area contributed by atoms with E-state index in [0.29, 0.717) is 0 Å². The van der Waals surface area contributed by atoms with E-state index in [9.17, 15) is 4.39 Å². The van der Waals surface area contributed by atoms with Crippen molar-refractivity contribution < 1.29 is 4.39 Å². The minimum atomic E-state index is -0.201. The molecule has 23 heavy (non-hydrogen) atoms. The van der Waals surface area contributed by atoms with Gasteiger partial charge in [-0.05, 0) is 62.5 Å². The van der Waals surface area contributed by atoms with E-state index in [0.717, 1.165) is 36.6 Å². The highest BCUT2D eigenvalue weighted by molar-refractivity contribution is 6.30. The van der Waals surface area contributed by atoms with Gasteiger partial charge in [-0.15, -0.1) is 0 Å². The highest BCUT2D eigenvalue weighted by Crippen LogP contribution is 2.28. The van der Waals surface area contributed by atoms with Gasteiger partial charge in [0.2, 0.25) is 0 Å². The van der Waals surface area contributed by atoms with Crippen molar-refractivity contribution in [2.75, 3.05) is 33.7 Å². The molecule has 0 fully saturated rings. The van der Waals surface area contributed by atoms with Gasteiger partial charge in [0.05, 0.1) is 0 Å². The smallest absolute Gasteiger partial charge is 0.123 e. The molecule has 0 amide bonds. The fourth-order valence-corrected chi connectivity index (χ4v) is 2.72. The van der Waals surface area contributed by atoms with E-state index >= 15 is 0 Å². The fourth-order valence-electron chi connectivity index (χ4n) is 2.59. The van der Waals surface area contributed by atoms with Crippen molar-refractivity contribution in [2.45, 2.75) is 12.3 Å². The zero-order valence-corrected chi connectivity index (χ0v) is 14.5. The minimum Gasteiger partial charge on any atom is -0.315 e. The van der Waals surface area contributed by atoms with Gasteiger partial charge in [-0.25, -0.2) is 4.39 Å². The Bertz CT molecular complexity index is 536. The van der Waals surface area contributed by atoms with E-state index in [-0.39, 0.29) is 11.7 Å². The summed E-state index contributed by atoms with van der Waals surface area (Å²) in [6.07, 6.45) is 0.959. The Kier molecular flexibility index (Phi) is 7.03. The van der Waals surface area contributed by atoms with Crippen molar-refractivity contribution in [1.29, 1.82) is 0 Å². The molecule has 0 aliphatic rings. The van der Waals surface area contributed by atoms with Gasteiger partial charge in [0.1, 0.15) is 5.82 Å². The molecule has 4 heteroatoms. The number of nitrogens with zero attached hydrogens (tertiary/aromatic N) is 1. The van der Waals surface area contributed by atoms with Crippen LogP contribution in [0.1, 0.15) is 23.5 Å². The van der Waals surface area contributed by atoms with Crippen molar-refractivity contribution in [3.8, 4) is 0 Å². The molecule has 0 saturated heterocycles. The summed E-state index contributed by atoms with van der Waals surface area (Å²) in [4.78, 5) is 2.16. The molecule has 0 aromatic heterocycles. The first-order chi connectivity index (χ1) is 11.1. The largest absolute Gasteiger partial charge is 0.315 e. The van der Waals surface area contributed by atoms with Crippen LogP contribution in [0.4, 0.5) is 4.39 Å². The van der Waals surface area contributed by atoms with Gasteiger partial charge in [0.15, 0.2) is 0 Å². The van der Waals surface area contributed by atoms with Crippen LogP contribution in [0.15, 0.2) is 48.5 Å². The van der Waals surface area contributed by atoms with Gasteiger partial charge in [0, 0.05) is 24.0 Å². The number of hydrogen-bond acceptors (Lipinski definition) is 2. The summed E-state index contributed by atoms with van der Waals surface area (Å²) < 4.78 is 13.2. The molecule has 0 radical (unpaired) electrons. The summed E-state index contributed by atoms with van der Waals surface area (Å²) in [5.74, 6) is 0.0347. The summed E-state index contributed by atoms with van der Waals surface area (Å²) >= 11 is 5.99. The fraction of sp³-hybridized carbons (Fsp3) is 0.368. The molecule has 0 saturated carbocycles. The standard InChI is InChI=1S/C19H24ClFN2/c1-23(2)14-13-22-12-11-19(15-3-7-17(20)8-4-15)16-5-9-18(21)10-6-16/h3-10,19,22H,11-14H2,1-2H3/t19-/m0/s1. The molecule has 2 nitrogen and oxygen atoms in total. The molecule has 2 aromatic carbocycles. The van der Waals surface area contributed by atoms with Crippen molar-refractivity contribution in [3.63, 3.8) is 0 Å². The van der Waals surface area contributed by atoms with Crippen LogP contribution >= 0.6 is 11.6 Å². The second-order valence-corrected chi connectivity index (χ2v) is 6.43. The highest BCUT2D eigenvalue weighted by atomic mass is 35.5. The lowest BCUT2D eigenvalue weighted by Gasteiger charge is -2.19. The predicted octanol–water partition coefficient (Wildman–Crippen LogP) is 4.15. The summed E-state index contributed by atoms with van der Waals surface area (Å²) in [7, 11) is 4.13. The van der Waals surface area contributed by atoms with Crippen LogP contribution in [0, 0.1) is 5.82 Å². The van der Waals surface area contributed by atoms with Gasteiger partial charge in [-0.3, -0.25) is 0 Å². The Hall–Kier alpha value is -1.42. The Morgan fingerprint density at radius 2 is 1.52 bits per heavy atom. The third-order valence-electron chi connectivity index (χ3n) is 3.89. The number of nitrogens with one attached hydrogen (secondary N) is 1. The SMILES string of the molecule is CN(C)CCNCC[C@H](c1ccc(F)cc1)c1ccc(Cl)cc1. The molecule has 124 valence electrons. The van der Waals surface area contributed by atoms with Crippen LogP contribution < -0.4 is 5.32 Å². The van der Waals surface area contributed by atoms with E-state index in [1.165, 1.54) is 17.7 Å². The lowest BCUT2D eigenvalue weighted by molar-refractivity contribution is 0.398. The second kappa shape index (κ2) is 9.02. The van der Waals surface area contributed by atoms with Gasteiger partial charge in [0.25, 0.3) is 0 Å². The molecule has 2 aromatic rings. The first kappa shape index (κ1) is 17.9. The Morgan fingerprint density at radius 3 is 2.09 bits per heavy atom. The topological polar surface area (TPSA) is 15.3 Å². The molecule has 0 heterocycles. The number of likely N-dealkylation sites (N-methyl/N-ethyl adjacent to an activating group) is 1. The molecule has 0 unspecified atom stereocenters. The molecule has 1 atom stereocenters. The maximum absolute atomic E-state index is 13.2. The quantitative estimate of drug-likeness (QED) is 0.729. The van der Waals surface area contributed by atoms with E-state index < -0.39 is 0 Å². The first-order valence-electron chi connectivity index (χ1n) is 7.92. The van der Waals surface area contributed by atoms with Crippen molar-refractivity contribution in [2.24, 2.45) is 0 Å². The van der Waals surface area contributed by atoms with Crippen LogP contribution in [0.5, 0.6) is 0 Å². The van der Waals surface area contributed by atoms with Crippen LogP contribution in [-0.2, 0) is 0 Å². The Balaban J connectivity index is 2.05. The lowest BCUT2D eigenvalue weighted by atomic mass is 9.88. The van der Waals surface area contributed by atoms with Crippen LogP contribution in [0.3, 0.4) is 0 Å². The van der Waals surface area contributed by atoms with Gasteiger partial charge in [-0.2, -0.15) is 0 Å². The lowest BCUT2D eigenvalue weighted by Crippen LogP contribution is -2.28. The molecule has 0 aliphatic heterocycles. The normalized spacial score (nSPS) is 12.6. The molecular formula is C19H24ClFN2. The van der Waals surface area contributed by atoms with Gasteiger partial charge in [-0.1, -0.05) is 35.9 Å². The van der Waals surface area contributed by atoms with Crippen LogP contribution in [0.25, 0.3) is 0 Å². The van der Waals surface area contributed by atoms with Crippen LogP contribution in [-0.4, -0.2) is 38.6 Å². The number of hydrogen-bond donors (Lipinski definition) is 1. The zero-order valence-electron chi connectivity index (χ0n) is 13.7. The number of rotatable bonds is 8. The molecule has 0 aliphatic carbocycles. The Morgan fingerprint density at radius 1 is 0.957 bits per heavy atom. The van der Waals surface area contributed by atoms with Crippen molar-refractivity contribution in [3.05, 3.63) is 70.5 Å². The summed E-state index contributed by atoms with van der Waals surface area (Å²) in [5, 5.41) is 4.20. The Labute approximate surface area is 143 Å². The second-order valence-electron chi connectivity index (χ2n) is 6.00.